The first-order chi connectivity index (χ1) is 8.82. The molecule has 106 valence electrons. The first-order valence-corrected chi connectivity index (χ1v) is 6.38. The van der Waals surface area contributed by atoms with E-state index >= 15 is 0 Å². The SMILES string of the molecule is CC1OC(C)C(C(N)c2cc(F)c(F)cc2F)C1C. The number of nitrogens with two attached hydrogens (primary N) is 1. The number of hydrogen-bond acceptors (Lipinski definition) is 2. The van der Waals surface area contributed by atoms with Crippen LogP contribution >= 0.6 is 0 Å². The second kappa shape index (κ2) is 5.13. The van der Waals surface area contributed by atoms with Gasteiger partial charge in [0.25, 0.3) is 0 Å². The van der Waals surface area contributed by atoms with Gasteiger partial charge in [-0.1, -0.05) is 6.92 Å². The Labute approximate surface area is 110 Å². The van der Waals surface area contributed by atoms with Crippen LogP contribution in [0.25, 0.3) is 0 Å². The summed E-state index contributed by atoms with van der Waals surface area (Å²) in [5.74, 6) is -3.11. The van der Waals surface area contributed by atoms with Gasteiger partial charge in [0.2, 0.25) is 0 Å². The standard InChI is InChI=1S/C14H18F3NO/c1-6-7(2)19-8(3)13(6)14(18)9-4-11(16)12(17)5-10(9)15/h4-8,13-14H,18H2,1-3H3. The molecule has 5 unspecified atom stereocenters. The molecule has 0 aliphatic carbocycles. The number of ether oxygens (including phenoxy) is 1. The van der Waals surface area contributed by atoms with Crippen LogP contribution in [0.4, 0.5) is 13.2 Å². The van der Waals surface area contributed by atoms with Crippen LogP contribution in [0.15, 0.2) is 12.1 Å². The Morgan fingerprint density at radius 2 is 1.58 bits per heavy atom. The Balaban J connectivity index is 2.34. The van der Waals surface area contributed by atoms with Crippen molar-refractivity contribution in [2.45, 2.75) is 39.0 Å². The van der Waals surface area contributed by atoms with Crippen molar-refractivity contribution in [2.75, 3.05) is 0 Å². The van der Waals surface area contributed by atoms with Crippen molar-refractivity contribution in [3.05, 3.63) is 35.1 Å². The van der Waals surface area contributed by atoms with Gasteiger partial charge in [0, 0.05) is 23.6 Å². The largest absolute Gasteiger partial charge is 0.375 e. The molecule has 1 heterocycles. The zero-order valence-corrected chi connectivity index (χ0v) is 11.2. The summed E-state index contributed by atoms with van der Waals surface area (Å²) in [7, 11) is 0. The van der Waals surface area contributed by atoms with E-state index in [1.165, 1.54) is 0 Å². The molecule has 1 aromatic rings. The molecule has 2 N–H and O–H groups in total. The van der Waals surface area contributed by atoms with E-state index in [0.29, 0.717) is 6.07 Å². The van der Waals surface area contributed by atoms with Gasteiger partial charge in [-0.05, 0) is 25.8 Å². The lowest BCUT2D eigenvalue weighted by molar-refractivity contribution is 0.0488. The normalized spacial score (nSPS) is 32.6. The summed E-state index contributed by atoms with van der Waals surface area (Å²) in [6, 6.07) is 0.668. The average molecular weight is 273 g/mol. The van der Waals surface area contributed by atoms with Gasteiger partial charge < -0.3 is 10.5 Å². The number of benzene rings is 1. The minimum absolute atomic E-state index is 0.000278. The van der Waals surface area contributed by atoms with Crippen LogP contribution in [0.2, 0.25) is 0 Å². The molecule has 1 aliphatic rings. The molecule has 1 aromatic carbocycles. The van der Waals surface area contributed by atoms with Gasteiger partial charge in [-0.2, -0.15) is 0 Å². The molecule has 0 saturated carbocycles. The molecular weight excluding hydrogens is 255 g/mol. The molecule has 5 atom stereocenters. The maximum absolute atomic E-state index is 13.8. The molecule has 5 heteroatoms. The molecule has 2 nitrogen and oxygen atoms in total. The predicted octanol–water partition coefficient (Wildman–Crippen LogP) is 3.16. The van der Waals surface area contributed by atoms with Crippen molar-refractivity contribution in [3.8, 4) is 0 Å². The number of halogens is 3. The Morgan fingerprint density at radius 3 is 2.11 bits per heavy atom. The lowest BCUT2D eigenvalue weighted by Crippen LogP contribution is -2.31. The van der Waals surface area contributed by atoms with E-state index in [-0.39, 0.29) is 29.6 Å². The first-order valence-electron chi connectivity index (χ1n) is 6.38. The molecule has 19 heavy (non-hydrogen) atoms. The summed E-state index contributed by atoms with van der Waals surface area (Å²) in [5.41, 5.74) is 6.05. The second-order valence-corrected chi connectivity index (χ2v) is 5.30. The van der Waals surface area contributed by atoms with Crippen molar-refractivity contribution in [2.24, 2.45) is 17.6 Å². The van der Waals surface area contributed by atoms with E-state index in [9.17, 15) is 13.2 Å². The number of hydrogen-bond donors (Lipinski definition) is 1. The lowest BCUT2D eigenvalue weighted by atomic mass is 9.81. The molecule has 0 amide bonds. The Morgan fingerprint density at radius 1 is 1.00 bits per heavy atom. The fraction of sp³-hybridized carbons (Fsp3) is 0.571. The van der Waals surface area contributed by atoms with Gasteiger partial charge >= 0.3 is 0 Å². The minimum Gasteiger partial charge on any atom is -0.375 e. The fourth-order valence-electron chi connectivity index (χ4n) is 2.91. The summed E-state index contributed by atoms with van der Waals surface area (Å²) < 4.78 is 45.6. The van der Waals surface area contributed by atoms with Crippen LogP contribution in [-0.2, 0) is 4.74 Å². The molecule has 0 bridgehead atoms. The molecular formula is C14H18F3NO. The summed E-state index contributed by atoms with van der Waals surface area (Å²) in [6.07, 6.45) is -0.132. The quantitative estimate of drug-likeness (QED) is 0.840. The van der Waals surface area contributed by atoms with Crippen LogP contribution in [0.5, 0.6) is 0 Å². The predicted molar refractivity (Wildman–Crippen MR) is 65.9 cm³/mol. The van der Waals surface area contributed by atoms with E-state index < -0.39 is 23.5 Å². The smallest absolute Gasteiger partial charge is 0.161 e. The second-order valence-electron chi connectivity index (χ2n) is 5.30. The molecule has 1 saturated heterocycles. The van der Waals surface area contributed by atoms with E-state index in [4.69, 9.17) is 10.5 Å². The molecule has 0 radical (unpaired) electrons. The summed E-state index contributed by atoms with van der Waals surface area (Å²) >= 11 is 0. The first kappa shape index (κ1) is 14.3. The highest BCUT2D eigenvalue weighted by Gasteiger charge is 2.41. The van der Waals surface area contributed by atoms with Crippen LogP contribution in [-0.4, -0.2) is 12.2 Å². The minimum atomic E-state index is -1.20. The summed E-state index contributed by atoms with van der Waals surface area (Å²) in [5, 5.41) is 0. The van der Waals surface area contributed by atoms with Gasteiger partial charge in [-0.3, -0.25) is 0 Å². The van der Waals surface area contributed by atoms with E-state index in [0.717, 1.165) is 6.07 Å². The maximum atomic E-state index is 13.8. The zero-order chi connectivity index (χ0) is 14.3. The monoisotopic (exact) mass is 273 g/mol. The lowest BCUT2D eigenvalue weighted by Gasteiger charge is -2.26. The third-order valence-electron chi connectivity index (χ3n) is 4.13. The van der Waals surface area contributed by atoms with Crippen molar-refractivity contribution < 1.29 is 17.9 Å². The van der Waals surface area contributed by atoms with Crippen LogP contribution < -0.4 is 5.73 Å². The highest BCUT2D eigenvalue weighted by Crippen LogP contribution is 2.40. The molecule has 0 aromatic heterocycles. The third-order valence-corrected chi connectivity index (χ3v) is 4.13. The van der Waals surface area contributed by atoms with Crippen molar-refractivity contribution >= 4 is 0 Å². The highest BCUT2D eigenvalue weighted by molar-refractivity contribution is 5.24. The van der Waals surface area contributed by atoms with E-state index in [1.54, 1.807) is 0 Å². The topological polar surface area (TPSA) is 35.2 Å². The van der Waals surface area contributed by atoms with Gasteiger partial charge in [0.05, 0.1) is 12.2 Å². The van der Waals surface area contributed by atoms with Gasteiger partial charge in [-0.15, -0.1) is 0 Å². The van der Waals surface area contributed by atoms with Crippen molar-refractivity contribution in [1.82, 2.24) is 0 Å². The van der Waals surface area contributed by atoms with Gasteiger partial charge in [0.15, 0.2) is 11.6 Å². The fourth-order valence-corrected chi connectivity index (χ4v) is 2.91. The molecule has 1 fully saturated rings. The average Bonchev–Trinajstić information content (AvgIpc) is 2.57. The van der Waals surface area contributed by atoms with Crippen LogP contribution in [0.3, 0.4) is 0 Å². The van der Waals surface area contributed by atoms with E-state index in [1.807, 2.05) is 20.8 Å². The zero-order valence-electron chi connectivity index (χ0n) is 11.2. The maximum Gasteiger partial charge on any atom is 0.161 e. The van der Waals surface area contributed by atoms with Crippen LogP contribution in [0, 0.1) is 29.3 Å². The highest BCUT2D eigenvalue weighted by atomic mass is 19.2. The van der Waals surface area contributed by atoms with Crippen LogP contribution in [0.1, 0.15) is 32.4 Å². The Bertz CT molecular complexity index is 480. The van der Waals surface area contributed by atoms with Gasteiger partial charge in [0.1, 0.15) is 5.82 Å². The molecule has 1 aliphatic heterocycles. The van der Waals surface area contributed by atoms with Gasteiger partial charge in [-0.25, -0.2) is 13.2 Å². The van der Waals surface area contributed by atoms with Crippen molar-refractivity contribution in [3.63, 3.8) is 0 Å². The summed E-state index contributed by atoms with van der Waals surface area (Å²) in [4.78, 5) is 0. The van der Waals surface area contributed by atoms with E-state index in [2.05, 4.69) is 0 Å². The third kappa shape index (κ3) is 2.49. The number of rotatable bonds is 2. The molecule has 0 spiro atoms. The Kier molecular flexibility index (Phi) is 3.87. The summed E-state index contributed by atoms with van der Waals surface area (Å²) in [6.45, 7) is 5.76. The molecule has 2 rings (SSSR count). The Hall–Kier alpha value is -1.07. The van der Waals surface area contributed by atoms with Crippen molar-refractivity contribution in [1.29, 1.82) is 0 Å².